The summed E-state index contributed by atoms with van der Waals surface area (Å²) in [4.78, 5) is 9.60. The van der Waals surface area contributed by atoms with Crippen LogP contribution in [0.5, 0.6) is 0 Å². The van der Waals surface area contributed by atoms with Crippen molar-refractivity contribution in [3.05, 3.63) is 0 Å². The van der Waals surface area contributed by atoms with Gasteiger partial charge in [0.2, 0.25) is 0 Å². The zero-order valence-corrected chi connectivity index (χ0v) is 10.1. The maximum atomic E-state index is 9.60. The highest BCUT2D eigenvalue weighted by molar-refractivity contribution is 5.37. The van der Waals surface area contributed by atoms with Gasteiger partial charge in [-0.1, -0.05) is 0 Å². The van der Waals surface area contributed by atoms with Crippen molar-refractivity contribution >= 4 is 6.47 Å². The number of nitrogens with one attached hydrogen (secondary N) is 1. The van der Waals surface area contributed by atoms with Gasteiger partial charge < -0.3 is 15.2 Å². The Morgan fingerprint density at radius 1 is 1.53 bits per heavy atom. The molecule has 0 amide bonds. The molecular weight excluding hydrogens is 194 g/mol. The van der Waals surface area contributed by atoms with Crippen LogP contribution in [0.1, 0.15) is 34.1 Å². The Bertz CT molecular complexity index is 169. The maximum absolute atomic E-state index is 9.60. The van der Waals surface area contributed by atoms with E-state index in [1.807, 2.05) is 27.7 Å². The number of ether oxygens (including phenoxy) is 1. The van der Waals surface area contributed by atoms with E-state index in [0.29, 0.717) is 12.4 Å². The molecule has 4 heteroatoms. The van der Waals surface area contributed by atoms with Crippen LogP contribution in [0.25, 0.3) is 0 Å². The van der Waals surface area contributed by atoms with Crippen molar-refractivity contribution in [1.29, 1.82) is 0 Å². The molecule has 0 bridgehead atoms. The van der Waals surface area contributed by atoms with E-state index in [4.69, 9.17) is 5.11 Å². The minimum atomic E-state index is -0.318. The minimum absolute atomic E-state index is 0.120. The van der Waals surface area contributed by atoms with Crippen molar-refractivity contribution < 1.29 is 14.6 Å². The highest BCUT2D eigenvalue weighted by atomic mass is 16.5. The summed E-state index contributed by atoms with van der Waals surface area (Å²) in [5, 5.41) is 12.2. The lowest BCUT2D eigenvalue weighted by molar-refractivity contribution is -0.138. The molecule has 0 saturated carbocycles. The Morgan fingerprint density at radius 2 is 2.13 bits per heavy atom. The fraction of sp³-hybridized carbons (Fsp3) is 0.909. The van der Waals surface area contributed by atoms with Gasteiger partial charge in [0.25, 0.3) is 6.47 Å². The molecule has 2 N–H and O–H groups in total. The molecule has 0 aromatic rings. The number of carbonyl (C=O) groups is 1. The van der Waals surface area contributed by atoms with E-state index in [2.05, 4.69) is 10.1 Å². The van der Waals surface area contributed by atoms with Crippen LogP contribution in [0.3, 0.4) is 0 Å². The van der Waals surface area contributed by atoms with Crippen LogP contribution in [-0.4, -0.2) is 36.4 Å². The molecule has 0 aromatic carbocycles. The average molecular weight is 217 g/mol. The standard InChI is InChI=1S/C6H13NO.C5H10O2/c1-5(8)6-2-3-7-4-6;1-5(2,3)7-4-6/h5-8H,2-4H2,1H3;4H,1-3H3. The van der Waals surface area contributed by atoms with E-state index < -0.39 is 0 Å². The van der Waals surface area contributed by atoms with Crippen LogP contribution >= 0.6 is 0 Å². The molecule has 1 saturated heterocycles. The van der Waals surface area contributed by atoms with Gasteiger partial charge in [0, 0.05) is 6.54 Å². The first kappa shape index (κ1) is 14.4. The summed E-state index contributed by atoms with van der Waals surface area (Å²) in [6.07, 6.45) is 1.02. The van der Waals surface area contributed by atoms with Gasteiger partial charge in [0.15, 0.2) is 0 Å². The Balaban J connectivity index is 0.000000265. The second-order valence-corrected chi connectivity index (χ2v) is 4.82. The zero-order valence-electron chi connectivity index (χ0n) is 10.1. The molecule has 1 aliphatic rings. The van der Waals surface area contributed by atoms with Gasteiger partial charge in [-0.2, -0.15) is 0 Å². The molecule has 0 spiro atoms. The van der Waals surface area contributed by atoms with Crippen molar-refractivity contribution in [3.63, 3.8) is 0 Å². The van der Waals surface area contributed by atoms with Crippen LogP contribution in [0.2, 0.25) is 0 Å². The summed E-state index contributed by atoms with van der Waals surface area (Å²) in [5.74, 6) is 0.509. The molecule has 2 atom stereocenters. The fourth-order valence-electron chi connectivity index (χ4n) is 1.23. The van der Waals surface area contributed by atoms with Crippen molar-refractivity contribution in [2.75, 3.05) is 13.1 Å². The van der Waals surface area contributed by atoms with Crippen molar-refractivity contribution in [1.82, 2.24) is 5.32 Å². The fourth-order valence-corrected chi connectivity index (χ4v) is 1.23. The second-order valence-electron chi connectivity index (χ2n) is 4.82. The highest BCUT2D eigenvalue weighted by Crippen LogP contribution is 2.11. The van der Waals surface area contributed by atoms with Crippen LogP contribution < -0.4 is 5.32 Å². The van der Waals surface area contributed by atoms with Crippen molar-refractivity contribution in [3.8, 4) is 0 Å². The van der Waals surface area contributed by atoms with Crippen LogP contribution in [0, 0.1) is 5.92 Å². The van der Waals surface area contributed by atoms with E-state index in [0.717, 1.165) is 19.5 Å². The first-order chi connectivity index (χ1) is 6.87. The molecule has 0 radical (unpaired) electrons. The molecule has 2 unspecified atom stereocenters. The predicted octanol–water partition coefficient (Wildman–Crippen LogP) is 0.935. The predicted molar refractivity (Wildman–Crippen MR) is 59.6 cm³/mol. The number of aliphatic hydroxyl groups is 1. The Hall–Kier alpha value is -0.610. The second kappa shape index (κ2) is 6.80. The van der Waals surface area contributed by atoms with Gasteiger partial charge in [0.1, 0.15) is 5.60 Å². The molecule has 1 rings (SSSR count). The van der Waals surface area contributed by atoms with Gasteiger partial charge in [-0.15, -0.1) is 0 Å². The van der Waals surface area contributed by atoms with Crippen LogP contribution in [-0.2, 0) is 9.53 Å². The Morgan fingerprint density at radius 3 is 2.27 bits per heavy atom. The number of rotatable bonds is 2. The Kier molecular flexibility index (Phi) is 6.52. The SMILES string of the molecule is CC(C)(C)OC=O.CC(O)C1CCNC1. The largest absolute Gasteiger partial charge is 0.462 e. The molecule has 90 valence electrons. The average Bonchev–Trinajstić information content (AvgIpc) is 2.53. The summed E-state index contributed by atoms with van der Waals surface area (Å²) in [6.45, 7) is 9.86. The Labute approximate surface area is 92.0 Å². The number of aliphatic hydroxyl groups excluding tert-OH is 1. The quantitative estimate of drug-likeness (QED) is 0.676. The maximum Gasteiger partial charge on any atom is 0.293 e. The summed E-state index contributed by atoms with van der Waals surface area (Å²) in [5.41, 5.74) is -0.318. The van der Waals surface area contributed by atoms with Gasteiger partial charge in [-0.05, 0) is 46.6 Å². The molecule has 15 heavy (non-hydrogen) atoms. The lowest BCUT2D eigenvalue weighted by Crippen LogP contribution is -2.19. The third kappa shape index (κ3) is 8.39. The number of hydrogen-bond donors (Lipinski definition) is 2. The molecule has 1 heterocycles. The van der Waals surface area contributed by atoms with E-state index in [9.17, 15) is 4.79 Å². The lowest BCUT2D eigenvalue weighted by atomic mass is 10.0. The van der Waals surface area contributed by atoms with E-state index >= 15 is 0 Å². The van der Waals surface area contributed by atoms with E-state index in [1.54, 1.807) is 0 Å². The minimum Gasteiger partial charge on any atom is -0.462 e. The van der Waals surface area contributed by atoms with E-state index in [-0.39, 0.29) is 11.7 Å². The van der Waals surface area contributed by atoms with Crippen molar-refractivity contribution in [2.45, 2.75) is 45.8 Å². The van der Waals surface area contributed by atoms with E-state index in [1.165, 1.54) is 0 Å². The number of carbonyl (C=O) groups excluding carboxylic acids is 1. The van der Waals surface area contributed by atoms with Gasteiger partial charge in [0.05, 0.1) is 6.10 Å². The normalized spacial score (nSPS) is 22.6. The molecular formula is C11H23NO3. The monoisotopic (exact) mass is 217 g/mol. The van der Waals surface area contributed by atoms with Gasteiger partial charge >= 0.3 is 0 Å². The summed E-state index contributed by atoms with van der Waals surface area (Å²) >= 11 is 0. The highest BCUT2D eigenvalue weighted by Gasteiger charge is 2.18. The van der Waals surface area contributed by atoms with Gasteiger partial charge in [-0.25, -0.2) is 0 Å². The molecule has 0 aliphatic carbocycles. The number of hydrogen-bond acceptors (Lipinski definition) is 4. The lowest BCUT2D eigenvalue weighted by Gasteiger charge is -2.14. The molecule has 4 nitrogen and oxygen atoms in total. The molecule has 0 aromatic heterocycles. The third-order valence-electron chi connectivity index (χ3n) is 2.18. The molecule has 1 aliphatic heterocycles. The van der Waals surface area contributed by atoms with Crippen LogP contribution in [0.15, 0.2) is 0 Å². The summed E-state index contributed by atoms with van der Waals surface area (Å²) < 4.78 is 4.55. The van der Waals surface area contributed by atoms with Gasteiger partial charge in [-0.3, -0.25) is 4.79 Å². The van der Waals surface area contributed by atoms with Crippen molar-refractivity contribution in [2.24, 2.45) is 5.92 Å². The molecule has 1 fully saturated rings. The smallest absolute Gasteiger partial charge is 0.293 e. The first-order valence-electron chi connectivity index (χ1n) is 5.37. The zero-order chi connectivity index (χ0) is 11.9. The first-order valence-corrected chi connectivity index (χ1v) is 5.37. The summed E-state index contributed by atoms with van der Waals surface area (Å²) in [7, 11) is 0. The third-order valence-corrected chi connectivity index (χ3v) is 2.18. The topological polar surface area (TPSA) is 58.6 Å². The summed E-state index contributed by atoms with van der Waals surface area (Å²) in [6, 6.07) is 0. The van der Waals surface area contributed by atoms with Crippen LogP contribution in [0.4, 0.5) is 0 Å².